The highest BCUT2D eigenvalue weighted by Crippen LogP contribution is 2.28. The average Bonchev–Trinajstić information content (AvgIpc) is 2.57. The van der Waals surface area contributed by atoms with E-state index in [-0.39, 0.29) is 5.95 Å². The molecule has 0 unspecified atom stereocenters. The third-order valence-corrected chi connectivity index (χ3v) is 4.42. The molecule has 0 spiro atoms. The zero-order valence-corrected chi connectivity index (χ0v) is 14.3. The number of aromatic nitrogens is 2. The molecule has 0 radical (unpaired) electrons. The Hall–Kier alpha value is -2.34. The molecule has 0 atom stereocenters. The third kappa shape index (κ3) is 3.76. The topological polar surface area (TPSA) is 84.3 Å². The van der Waals surface area contributed by atoms with Crippen LogP contribution in [0.2, 0.25) is 0 Å². The summed E-state index contributed by atoms with van der Waals surface area (Å²) in [5.74, 6) is 0.768. The summed E-state index contributed by atoms with van der Waals surface area (Å²) in [7, 11) is 0. The lowest BCUT2D eigenvalue weighted by molar-refractivity contribution is 0.249. The van der Waals surface area contributed by atoms with Crippen molar-refractivity contribution >= 4 is 17.5 Å². The summed E-state index contributed by atoms with van der Waals surface area (Å²) in [5.41, 5.74) is 15.2. The van der Waals surface area contributed by atoms with Crippen LogP contribution in [0.4, 0.5) is 17.5 Å². The molecular formula is C18H26N6. The molecule has 0 saturated carbocycles. The Morgan fingerprint density at radius 1 is 1.00 bits per heavy atom. The lowest BCUT2D eigenvalue weighted by atomic mass is 10.1. The van der Waals surface area contributed by atoms with Crippen molar-refractivity contribution in [2.24, 2.45) is 0 Å². The minimum Gasteiger partial charge on any atom is -0.382 e. The number of hydrogen-bond donors (Lipinski definition) is 2. The second-order valence-corrected chi connectivity index (χ2v) is 6.26. The molecule has 1 saturated heterocycles. The van der Waals surface area contributed by atoms with Gasteiger partial charge in [-0.05, 0) is 12.0 Å². The fourth-order valence-electron chi connectivity index (χ4n) is 3.27. The van der Waals surface area contributed by atoms with E-state index in [1.807, 2.05) is 0 Å². The smallest absolute Gasteiger partial charge is 0.222 e. The third-order valence-electron chi connectivity index (χ3n) is 4.42. The van der Waals surface area contributed by atoms with Gasteiger partial charge in [0, 0.05) is 32.7 Å². The van der Waals surface area contributed by atoms with E-state index in [1.54, 1.807) is 0 Å². The number of nitrogen functional groups attached to an aromatic ring is 2. The summed E-state index contributed by atoms with van der Waals surface area (Å²) in [5, 5.41) is 0. The average molecular weight is 326 g/mol. The maximum absolute atomic E-state index is 6.16. The molecule has 1 fully saturated rings. The van der Waals surface area contributed by atoms with Gasteiger partial charge in [-0.3, -0.25) is 4.90 Å². The highest BCUT2D eigenvalue weighted by Gasteiger charge is 2.22. The van der Waals surface area contributed by atoms with Crippen molar-refractivity contribution < 1.29 is 0 Å². The second kappa shape index (κ2) is 7.49. The van der Waals surface area contributed by atoms with Crippen molar-refractivity contribution in [1.29, 1.82) is 0 Å². The van der Waals surface area contributed by atoms with E-state index in [0.717, 1.165) is 56.9 Å². The highest BCUT2D eigenvalue weighted by atomic mass is 15.3. The van der Waals surface area contributed by atoms with E-state index in [2.05, 4.69) is 57.0 Å². The molecule has 128 valence electrons. The number of hydrogen-bond acceptors (Lipinski definition) is 6. The van der Waals surface area contributed by atoms with Gasteiger partial charge in [0.25, 0.3) is 0 Å². The van der Waals surface area contributed by atoms with Gasteiger partial charge in [0.1, 0.15) is 5.69 Å². The maximum Gasteiger partial charge on any atom is 0.222 e. The number of rotatable bonds is 5. The predicted molar refractivity (Wildman–Crippen MR) is 98.8 cm³/mol. The van der Waals surface area contributed by atoms with Crippen LogP contribution in [0.1, 0.15) is 24.6 Å². The van der Waals surface area contributed by atoms with Gasteiger partial charge in [-0.25, -0.2) is 4.98 Å². The molecule has 4 N–H and O–H groups in total. The minimum atomic E-state index is 0.266. The van der Waals surface area contributed by atoms with E-state index in [1.165, 1.54) is 5.56 Å². The summed E-state index contributed by atoms with van der Waals surface area (Å²) < 4.78 is 0. The van der Waals surface area contributed by atoms with Crippen molar-refractivity contribution in [3.63, 3.8) is 0 Å². The molecule has 1 aromatic carbocycles. The van der Waals surface area contributed by atoms with Crippen LogP contribution in [0.5, 0.6) is 0 Å². The first-order chi connectivity index (χ1) is 11.7. The SMILES string of the molecule is CCCc1nc(N)nc(N)c1N1CCN(Cc2ccccc2)CC1. The Kier molecular flexibility index (Phi) is 5.15. The number of benzene rings is 1. The molecule has 24 heavy (non-hydrogen) atoms. The Morgan fingerprint density at radius 3 is 2.38 bits per heavy atom. The van der Waals surface area contributed by atoms with E-state index >= 15 is 0 Å². The van der Waals surface area contributed by atoms with Crippen molar-refractivity contribution in [1.82, 2.24) is 14.9 Å². The van der Waals surface area contributed by atoms with Crippen molar-refractivity contribution in [3.05, 3.63) is 41.6 Å². The van der Waals surface area contributed by atoms with Gasteiger partial charge >= 0.3 is 0 Å². The van der Waals surface area contributed by atoms with Crippen LogP contribution < -0.4 is 16.4 Å². The predicted octanol–water partition coefficient (Wildman–Crippen LogP) is 1.92. The van der Waals surface area contributed by atoms with E-state index in [0.29, 0.717) is 5.82 Å². The molecule has 6 heteroatoms. The second-order valence-electron chi connectivity index (χ2n) is 6.26. The monoisotopic (exact) mass is 326 g/mol. The molecule has 6 nitrogen and oxygen atoms in total. The van der Waals surface area contributed by atoms with Crippen LogP contribution in [-0.4, -0.2) is 41.0 Å². The van der Waals surface area contributed by atoms with E-state index in [9.17, 15) is 0 Å². The summed E-state index contributed by atoms with van der Waals surface area (Å²) in [4.78, 5) is 13.4. The Bertz CT molecular complexity index is 665. The summed E-state index contributed by atoms with van der Waals surface area (Å²) in [6.45, 7) is 7.00. The van der Waals surface area contributed by atoms with Crippen molar-refractivity contribution in [2.75, 3.05) is 42.5 Å². The van der Waals surface area contributed by atoms with E-state index in [4.69, 9.17) is 11.5 Å². The van der Waals surface area contributed by atoms with Gasteiger partial charge in [0.15, 0.2) is 5.82 Å². The summed E-state index contributed by atoms with van der Waals surface area (Å²) >= 11 is 0. The lowest BCUT2D eigenvalue weighted by Gasteiger charge is -2.37. The fourth-order valence-corrected chi connectivity index (χ4v) is 3.27. The summed E-state index contributed by atoms with van der Waals surface area (Å²) in [6, 6.07) is 10.6. The van der Waals surface area contributed by atoms with Crippen LogP contribution in [0, 0.1) is 0 Å². The highest BCUT2D eigenvalue weighted by molar-refractivity contribution is 5.68. The Labute approximate surface area is 143 Å². The number of aryl methyl sites for hydroxylation is 1. The fraction of sp³-hybridized carbons (Fsp3) is 0.444. The quantitative estimate of drug-likeness (QED) is 0.873. The number of nitrogens with zero attached hydrogens (tertiary/aromatic N) is 4. The Balaban J connectivity index is 1.68. The van der Waals surface area contributed by atoms with E-state index < -0.39 is 0 Å². The number of nitrogens with two attached hydrogens (primary N) is 2. The van der Waals surface area contributed by atoms with Crippen LogP contribution in [0.25, 0.3) is 0 Å². The van der Waals surface area contributed by atoms with Crippen molar-refractivity contribution in [3.8, 4) is 0 Å². The zero-order chi connectivity index (χ0) is 16.9. The molecule has 1 aromatic heterocycles. The normalized spacial score (nSPS) is 15.6. The van der Waals surface area contributed by atoms with Gasteiger partial charge in [0.2, 0.25) is 5.95 Å². The molecule has 0 bridgehead atoms. The molecule has 0 amide bonds. The lowest BCUT2D eigenvalue weighted by Crippen LogP contribution is -2.46. The maximum atomic E-state index is 6.16. The largest absolute Gasteiger partial charge is 0.382 e. The molecule has 1 aliphatic rings. The first-order valence-corrected chi connectivity index (χ1v) is 8.60. The van der Waals surface area contributed by atoms with Crippen LogP contribution in [0.15, 0.2) is 30.3 Å². The first-order valence-electron chi connectivity index (χ1n) is 8.60. The molecule has 3 rings (SSSR count). The first kappa shape index (κ1) is 16.5. The minimum absolute atomic E-state index is 0.266. The molecule has 2 aromatic rings. The molecule has 1 aliphatic heterocycles. The van der Waals surface area contributed by atoms with Crippen LogP contribution in [0.3, 0.4) is 0 Å². The van der Waals surface area contributed by atoms with Gasteiger partial charge in [-0.1, -0.05) is 43.7 Å². The Morgan fingerprint density at radius 2 is 1.71 bits per heavy atom. The van der Waals surface area contributed by atoms with Crippen LogP contribution in [-0.2, 0) is 13.0 Å². The number of piperazine rings is 1. The van der Waals surface area contributed by atoms with Crippen LogP contribution >= 0.6 is 0 Å². The van der Waals surface area contributed by atoms with Gasteiger partial charge in [-0.15, -0.1) is 0 Å². The molecule has 2 heterocycles. The zero-order valence-electron chi connectivity index (χ0n) is 14.3. The number of anilines is 3. The van der Waals surface area contributed by atoms with Crippen molar-refractivity contribution in [2.45, 2.75) is 26.3 Å². The van der Waals surface area contributed by atoms with Gasteiger partial charge in [0.05, 0.1) is 5.69 Å². The van der Waals surface area contributed by atoms with Gasteiger partial charge < -0.3 is 16.4 Å². The molecular weight excluding hydrogens is 300 g/mol. The standard InChI is InChI=1S/C18H26N6/c1-2-6-15-16(17(19)22-18(20)21-15)24-11-9-23(10-12-24)13-14-7-4-3-5-8-14/h3-5,7-8H,2,6,9-13H2,1H3,(H4,19,20,21,22). The summed E-state index contributed by atoms with van der Waals surface area (Å²) in [6.07, 6.45) is 1.88. The molecule has 0 aliphatic carbocycles. The van der Waals surface area contributed by atoms with Gasteiger partial charge in [-0.2, -0.15) is 4.98 Å².